The topological polar surface area (TPSA) is 108 Å². The number of allylic oxidation sites excluding steroid dienone is 2. The number of imidazole rings is 1. The van der Waals surface area contributed by atoms with E-state index in [4.69, 9.17) is 9.97 Å². The second kappa shape index (κ2) is 9.82. The van der Waals surface area contributed by atoms with E-state index in [2.05, 4.69) is 50.0 Å². The molecule has 5 heterocycles. The first-order valence-corrected chi connectivity index (χ1v) is 11.5. The van der Waals surface area contributed by atoms with Gasteiger partial charge in [-0.1, -0.05) is 31.7 Å². The second-order valence-corrected chi connectivity index (χ2v) is 8.12. The van der Waals surface area contributed by atoms with Crippen molar-refractivity contribution in [1.82, 2.24) is 40.4 Å². The molecule has 0 bridgehead atoms. The van der Waals surface area contributed by atoms with E-state index in [1.807, 2.05) is 55.7 Å². The minimum Gasteiger partial charge on any atom is -0.340 e. The Hall–Kier alpha value is -4.43. The first-order valence-electron chi connectivity index (χ1n) is 11.5. The molecule has 0 aromatic carbocycles. The lowest BCUT2D eigenvalue weighted by molar-refractivity contribution is 0.724. The van der Waals surface area contributed by atoms with Crippen molar-refractivity contribution in [2.24, 2.45) is 0 Å². The summed E-state index contributed by atoms with van der Waals surface area (Å²) in [5.41, 5.74) is 8.55. The molecule has 0 unspecified atom stereocenters. The number of fused-ring (bicyclic) bond motifs is 1. The Balaban J connectivity index is 1.55. The van der Waals surface area contributed by atoms with Crippen molar-refractivity contribution in [3.05, 3.63) is 96.4 Å². The van der Waals surface area contributed by atoms with E-state index in [0.29, 0.717) is 11.5 Å². The fourth-order valence-corrected chi connectivity index (χ4v) is 3.98. The van der Waals surface area contributed by atoms with Crippen LogP contribution in [0.2, 0.25) is 0 Å². The number of pyridine rings is 3. The molecule has 0 saturated heterocycles. The average Bonchev–Trinajstić information content (AvgIpc) is 3.49. The normalized spacial score (nSPS) is 11.8. The summed E-state index contributed by atoms with van der Waals surface area (Å²) < 4.78 is 0. The molecule has 5 rings (SSSR count). The standard InChI is InChI=1S/C27H26N8/c1-4-8-20(22-9-6-7-12-30-22)24-17(3)31-27(33-24)26-25-23(34-35-26)11-10-21(32-25)19-13-18(14-28-5-2)15-29-16-19/h4,6-13,15-16,28H,1,5,14H2,2-3H3,(H,31,33)(H,34,35)/b20-8-. The summed E-state index contributed by atoms with van der Waals surface area (Å²) in [4.78, 5) is 22.1. The quantitative estimate of drug-likeness (QED) is 0.285. The maximum Gasteiger partial charge on any atom is 0.161 e. The van der Waals surface area contributed by atoms with E-state index < -0.39 is 0 Å². The highest BCUT2D eigenvalue weighted by atomic mass is 15.2. The van der Waals surface area contributed by atoms with Crippen LogP contribution in [0.3, 0.4) is 0 Å². The lowest BCUT2D eigenvalue weighted by atomic mass is 10.1. The third-order valence-corrected chi connectivity index (χ3v) is 5.67. The van der Waals surface area contributed by atoms with Gasteiger partial charge in [0.1, 0.15) is 5.52 Å². The van der Waals surface area contributed by atoms with E-state index >= 15 is 0 Å². The van der Waals surface area contributed by atoms with Crippen LogP contribution in [-0.4, -0.2) is 41.7 Å². The average molecular weight is 463 g/mol. The summed E-state index contributed by atoms with van der Waals surface area (Å²) >= 11 is 0. The monoisotopic (exact) mass is 462 g/mol. The molecule has 0 amide bonds. The van der Waals surface area contributed by atoms with Crippen LogP contribution in [0.5, 0.6) is 0 Å². The van der Waals surface area contributed by atoms with Crippen LogP contribution in [0.4, 0.5) is 0 Å². The summed E-state index contributed by atoms with van der Waals surface area (Å²) in [5, 5.41) is 10.9. The van der Waals surface area contributed by atoms with Gasteiger partial charge in [0.05, 0.1) is 22.6 Å². The van der Waals surface area contributed by atoms with Gasteiger partial charge in [0, 0.05) is 42.0 Å². The fraction of sp³-hybridized carbons (Fsp3) is 0.148. The summed E-state index contributed by atoms with van der Waals surface area (Å²) in [5.74, 6) is 0.637. The lowest BCUT2D eigenvalue weighted by Gasteiger charge is -2.05. The van der Waals surface area contributed by atoms with Crippen molar-refractivity contribution in [1.29, 1.82) is 0 Å². The van der Waals surface area contributed by atoms with E-state index in [1.165, 1.54) is 0 Å². The van der Waals surface area contributed by atoms with E-state index in [9.17, 15) is 0 Å². The Bertz CT molecular complexity index is 1510. The molecule has 5 aromatic rings. The van der Waals surface area contributed by atoms with Crippen LogP contribution in [-0.2, 0) is 6.54 Å². The van der Waals surface area contributed by atoms with Gasteiger partial charge in [-0.3, -0.25) is 15.1 Å². The molecule has 5 aromatic heterocycles. The Kier molecular flexibility index (Phi) is 6.28. The summed E-state index contributed by atoms with van der Waals surface area (Å²) in [6, 6.07) is 11.9. The zero-order valence-corrected chi connectivity index (χ0v) is 19.7. The number of rotatable bonds is 8. The summed E-state index contributed by atoms with van der Waals surface area (Å²) in [7, 11) is 0. The predicted molar refractivity (Wildman–Crippen MR) is 138 cm³/mol. The maximum absolute atomic E-state index is 4.92. The SMILES string of the molecule is C=C/C=C(/c1ccccn1)c1nc(-c2n[nH]c3ccc(-c4cncc(CNCC)c4)nc23)[nH]c1C. The van der Waals surface area contributed by atoms with Crippen LogP contribution in [0.15, 0.2) is 73.7 Å². The third kappa shape index (κ3) is 4.51. The molecule has 35 heavy (non-hydrogen) atoms. The zero-order valence-electron chi connectivity index (χ0n) is 19.7. The van der Waals surface area contributed by atoms with Crippen LogP contribution >= 0.6 is 0 Å². The lowest BCUT2D eigenvalue weighted by Crippen LogP contribution is -2.11. The first kappa shape index (κ1) is 22.4. The van der Waals surface area contributed by atoms with Gasteiger partial charge in [0.15, 0.2) is 11.5 Å². The Labute approximate surface area is 203 Å². The molecule has 0 spiro atoms. The number of aromatic nitrogens is 7. The highest BCUT2D eigenvalue weighted by Crippen LogP contribution is 2.30. The molecular weight excluding hydrogens is 436 g/mol. The van der Waals surface area contributed by atoms with Gasteiger partial charge in [0.2, 0.25) is 0 Å². The number of nitrogens with zero attached hydrogens (tertiary/aromatic N) is 5. The number of aromatic amines is 2. The van der Waals surface area contributed by atoms with E-state index in [0.717, 1.165) is 63.6 Å². The summed E-state index contributed by atoms with van der Waals surface area (Å²) in [6.07, 6.45) is 9.13. The highest BCUT2D eigenvalue weighted by molar-refractivity contribution is 5.90. The molecule has 0 aliphatic carbocycles. The molecule has 3 N–H and O–H groups in total. The van der Waals surface area contributed by atoms with Crippen LogP contribution in [0.25, 0.3) is 39.4 Å². The number of hydrogen-bond acceptors (Lipinski definition) is 6. The third-order valence-electron chi connectivity index (χ3n) is 5.67. The minimum absolute atomic E-state index is 0.637. The molecule has 8 nitrogen and oxygen atoms in total. The minimum atomic E-state index is 0.637. The van der Waals surface area contributed by atoms with E-state index in [1.54, 1.807) is 12.3 Å². The molecule has 0 saturated carbocycles. The molecule has 0 atom stereocenters. The van der Waals surface area contributed by atoms with Crippen molar-refractivity contribution in [2.45, 2.75) is 20.4 Å². The number of hydrogen-bond donors (Lipinski definition) is 3. The van der Waals surface area contributed by atoms with E-state index in [-0.39, 0.29) is 0 Å². The van der Waals surface area contributed by atoms with Crippen molar-refractivity contribution in [3.8, 4) is 22.8 Å². The first-order chi connectivity index (χ1) is 17.2. The molecule has 8 heteroatoms. The Morgan fingerprint density at radius 2 is 2.06 bits per heavy atom. The summed E-state index contributed by atoms with van der Waals surface area (Å²) in [6.45, 7) is 9.60. The van der Waals surface area contributed by atoms with Crippen LogP contribution in [0, 0.1) is 6.92 Å². The molecule has 0 aliphatic heterocycles. The number of nitrogens with one attached hydrogen (secondary N) is 3. The zero-order chi connectivity index (χ0) is 24.2. The van der Waals surface area contributed by atoms with Gasteiger partial charge in [0.25, 0.3) is 0 Å². The molecule has 0 fully saturated rings. The van der Waals surface area contributed by atoms with Gasteiger partial charge in [-0.2, -0.15) is 5.10 Å². The van der Waals surface area contributed by atoms with Crippen LogP contribution in [0.1, 0.15) is 29.6 Å². The smallest absolute Gasteiger partial charge is 0.161 e. The maximum atomic E-state index is 4.92. The highest BCUT2D eigenvalue weighted by Gasteiger charge is 2.19. The number of aryl methyl sites for hydroxylation is 1. The molecule has 0 aliphatic rings. The van der Waals surface area contributed by atoms with Gasteiger partial charge in [-0.15, -0.1) is 0 Å². The number of H-pyrrole nitrogens is 2. The van der Waals surface area contributed by atoms with Crippen molar-refractivity contribution in [2.75, 3.05) is 6.54 Å². The van der Waals surface area contributed by atoms with Gasteiger partial charge in [-0.05, 0) is 49.4 Å². The molecule has 174 valence electrons. The van der Waals surface area contributed by atoms with Crippen molar-refractivity contribution < 1.29 is 0 Å². The predicted octanol–water partition coefficient (Wildman–Crippen LogP) is 4.84. The van der Waals surface area contributed by atoms with Crippen molar-refractivity contribution in [3.63, 3.8) is 0 Å². The largest absolute Gasteiger partial charge is 0.340 e. The van der Waals surface area contributed by atoms with Crippen molar-refractivity contribution >= 4 is 16.6 Å². The fourth-order valence-electron chi connectivity index (χ4n) is 3.98. The Morgan fingerprint density at radius 3 is 2.86 bits per heavy atom. The van der Waals surface area contributed by atoms with Gasteiger partial charge >= 0.3 is 0 Å². The van der Waals surface area contributed by atoms with Crippen LogP contribution < -0.4 is 5.32 Å². The molecular formula is C27H26N8. The Morgan fingerprint density at radius 1 is 1.14 bits per heavy atom. The second-order valence-electron chi connectivity index (χ2n) is 8.12. The molecule has 0 radical (unpaired) electrons. The van der Waals surface area contributed by atoms with Gasteiger partial charge < -0.3 is 10.3 Å². The van der Waals surface area contributed by atoms with Gasteiger partial charge in [-0.25, -0.2) is 9.97 Å².